The van der Waals surface area contributed by atoms with Crippen LogP contribution in [-0.2, 0) is 23.9 Å². The van der Waals surface area contributed by atoms with Gasteiger partial charge in [-0.25, -0.2) is 4.79 Å². The predicted molar refractivity (Wildman–Crippen MR) is 123 cm³/mol. The molecule has 0 aliphatic heterocycles. The third-order valence-corrected chi connectivity index (χ3v) is 5.38. The van der Waals surface area contributed by atoms with E-state index in [1.54, 1.807) is 6.92 Å². The van der Waals surface area contributed by atoms with Crippen LogP contribution in [0.25, 0.3) is 0 Å². The van der Waals surface area contributed by atoms with E-state index in [0.29, 0.717) is 6.42 Å². The Bertz CT molecular complexity index is 810. The fourth-order valence-corrected chi connectivity index (χ4v) is 3.35. The Balaban J connectivity index is 2.17. The van der Waals surface area contributed by atoms with Crippen LogP contribution in [0.2, 0.25) is 0 Å². The number of rotatable bonds is 13. The van der Waals surface area contributed by atoms with Crippen LogP contribution in [0.15, 0.2) is 30.3 Å². The van der Waals surface area contributed by atoms with Crippen LogP contribution >= 0.6 is 0 Å². The highest BCUT2D eigenvalue weighted by Gasteiger charge is 2.36. The number of ether oxygens (including phenoxy) is 2. The summed E-state index contributed by atoms with van der Waals surface area (Å²) in [5, 5.41) is 7.98. The molecule has 0 radical (unpaired) electrons. The number of carbonyl (C=O) groups is 4. The fraction of sp³-hybridized carbons (Fsp3) is 0.583. The smallest absolute Gasteiger partial charge is 0.407 e. The van der Waals surface area contributed by atoms with Crippen molar-refractivity contribution in [3.05, 3.63) is 35.9 Å². The minimum Gasteiger partial charge on any atom is -0.447 e. The summed E-state index contributed by atoms with van der Waals surface area (Å²) in [4.78, 5) is 50.8. The zero-order valence-corrected chi connectivity index (χ0v) is 19.8. The van der Waals surface area contributed by atoms with Crippen LogP contribution < -0.4 is 16.0 Å². The van der Waals surface area contributed by atoms with E-state index in [0.717, 1.165) is 18.4 Å². The second-order valence-corrected chi connectivity index (χ2v) is 8.75. The Kier molecular flexibility index (Phi) is 10.3. The van der Waals surface area contributed by atoms with Crippen LogP contribution in [0.1, 0.15) is 51.5 Å². The lowest BCUT2D eigenvalue weighted by Gasteiger charge is -2.27. The summed E-state index contributed by atoms with van der Waals surface area (Å²) < 4.78 is 9.87. The number of ketones is 1. The molecule has 0 spiro atoms. The van der Waals surface area contributed by atoms with Crippen molar-refractivity contribution in [3.8, 4) is 0 Å². The van der Waals surface area contributed by atoms with Gasteiger partial charge in [0.25, 0.3) is 5.91 Å². The first-order valence-electron chi connectivity index (χ1n) is 11.3. The Hall–Kier alpha value is -2.94. The molecule has 3 amide bonds. The molecule has 9 nitrogen and oxygen atoms in total. The zero-order chi connectivity index (χ0) is 24.4. The average Bonchev–Trinajstić information content (AvgIpc) is 3.60. The molecule has 1 unspecified atom stereocenters. The number of hydrogen-bond donors (Lipinski definition) is 3. The van der Waals surface area contributed by atoms with Gasteiger partial charge in [-0.15, -0.1) is 0 Å². The van der Waals surface area contributed by atoms with E-state index in [-0.39, 0.29) is 25.2 Å². The molecule has 0 aromatic heterocycles. The SMILES string of the molecule is COCCOC(=O)N[C@@H](CC(C)C)C(=O)N[C@H](C(=O)C(=O)NC1CC1)C(C)c1ccccc1. The van der Waals surface area contributed by atoms with Gasteiger partial charge in [0.05, 0.1) is 6.61 Å². The first-order valence-corrected chi connectivity index (χ1v) is 11.3. The summed E-state index contributed by atoms with van der Waals surface area (Å²) in [6, 6.07) is 7.20. The van der Waals surface area contributed by atoms with Crippen LogP contribution in [0.5, 0.6) is 0 Å². The Morgan fingerprint density at radius 3 is 2.24 bits per heavy atom. The molecule has 33 heavy (non-hydrogen) atoms. The summed E-state index contributed by atoms with van der Waals surface area (Å²) in [5.41, 5.74) is 0.808. The normalized spacial score (nSPS) is 15.8. The molecule has 0 bridgehead atoms. The van der Waals surface area contributed by atoms with E-state index >= 15 is 0 Å². The van der Waals surface area contributed by atoms with Gasteiger partial charge in [0.1, 0.15) is 18.7 Å². The minimum atomic E-state index is -1.08. The zero-order valence-electron chi connectivity index (χ0n) is 19.8. The maximum absolute atomic E-state index is 13.2. The number of hydrogen-bond acceptors (Lipinski definition) is 6. The van der Waals surface area contributed by atoms with Crippen LogP contribution in [0.3, 0.4) is 0 Å². The number of carbonyl (C=O) groups excluding carboxylic acids is 4. The fourth-order valence-electron chi connectivity index (χ4n) is 3.35. The molecule has 1 saturated carbocycles. The van der Waals surface area contributed by atoms with Crippen LogP contribution in [0, 0.1) is 5.92 Å². The van der Waals surface area contributed by atoms with Crippen molar-refractivity contribution < 1.29 is 28.7 Å². The second kappa shape index (κ2) is 12.9. The van der Waals surface area contributed by atoms with Crippen molar-refractivity contribution in [3.63, 3.8) is 0 Å². The molecule has 1 aromatic carbocycles. The lowest BCUT2D eigenvalue weighted by atomic mass is 9.89. The van der Waals surface area contributed by atoms with Gasteiger partial charge in [0.2, 0.25) is 11.7 Å². The molecule has 2 rings (SSSR count). The van der Waals surface area contributed by atoms with Gasteiger partial charge in [-0.05, 0) is 30.7 Å². The molecule has 0 heterocycles. The summed E-state index contributed by atoms with van der Waals surface area (Å²) in [6.45, 7) is 5.89. The van der Waals surface area contributed by atoms with Crippen LogP contribution in [0.4, 0.5) is 4.79 Å². The number of benzene rings is 1. The monoisotopic (exact) mass is 461 g/mol. The van der Waals surface area contributed by atoms with E-state index < -0.39 is 41.7 Å². The van der Waals surface area contributed by atoms with Gasteiger partial charge in [0, 0.05) is 19.1 Å². The minimum absolute atomic E-state index is 0.0158. The molecule has 0 saturated heterocycles. The van der Waals surface area contributed by atoms with E-state index in [9.17, 15) is 19.2 Å². The number of amides is 3. The highest BCUT2D eigenvalue weighted by atomic mass is 16.6. The molecule has 3 atom stereocenters. The standard InChI is InChI=1S/C24H35N3O6/c1-15(2)14-19(26-24(31)33-13-12-32-4)22(29)27-20(16(3)17-8-6-5-7-9-17)21(28)23(30)25-18-10-11-18/h5-9,15-16,18-20H,10-14H2,1-4H3,(H,25,30)(H,26,31)(H,27,29)/t16?,19-,20-/m0/s1. The van der Waals surface area contributed by atoms with Gasteiger partial charge in [-0.1, -0.05) is 51.1 Å². The van der Waals surface area contributed by atoms with E-state index in [2.05, 4.69) is 16.0 Å². The van der Waals surface area contributed by atoms with Gasteiger partial charge < -0.3 is 25.4 Å². The largest absolute Gasteiger partial charge is 0.447 e. The molecular weight excluding hydrogens is 426 g/mol. The summed E-state index contributed by atoms with van der Waals surface area (Å²) in [7, 11) is 1.49. The quantitative estimate of drug-likeness (QED) is 0.305. The number of Topliss-reactive ketones (excluding diaryl/α,β-unsaturated/α-hetero) is 1. The van der Waals surface area contributed by atoms with E-state index in [4.69, 9.17) is 9.47 Å². The van der Waals surface area contributed by atoms with E-state index in [1.807, 2.05) is 44.2 Å². The van der Waals surface area contributed by atoms with Crippen LogP contribution in [-0.4, -0.2) is 62.1 Å². The molecule has 1 fully saturated rings. The van der Waals surface area contributed by atoms with Crippen molar-refractivity contribution in [1.82, 2.24) is 16.0 Å². The van der Waals surface area contributed by atoms with Gasteiger partial charge in [0.15, 0.2) is 0 Å². The van der Waals surface area contributed by atoms with Crippen molar-refractivity contribution in [2.75, 3.05) is 20.3 Å². The highest BCUT2D eigenvalue weighted by Crippen LogP contribution is 2.22. The Morgan fingerprint density at radius 2 is 1.67 bits per heavy atom. The van der Waals surface area contributed by atoms with Crippen molar-refractivity contribution in [2.24, 2.45) is 5.92 Å². The molecule has 182 valence electrons. The van der Waals surface area contributed by atoms with Crippen molar-refractivity contribution in [1.29, 1.82) is 0 Å². The second-order valence-electron chi connectivity index (χ2n) is 8.75. The maximum Gasteiger partial charge on any atom is 0.407 e. The molecule has 3 N–H and O–H groups in total. The molecule has 9 heteroatoms. The Labute approximate surface area is 195 Å². The lowest BCUT2D eigenvalue weighted by molar-refractivity contribution is -0.140. The van der Waals surface area contributed by atoms with Gasteiger partial charge in [-0.2, -0.15) is 0 Å². The molecule has 1 aliphatic rings. The van der Waals surface area contributed by atoms with Gasteiger partial charge >= 0.3 is 6.09 Å². The lowest BCUT2D eigenvalue weighted by Crippen LogP contribution is -2.56. The summed E-state index contributed by atoms with van der Waals surface area (Å²) >= 11 is 0. The highest BCUT2D eigenvalue weighted by molar-refractivity contribution is 6.38. The topological polar surface area (TPSA) is 123 Å². The molecule has 1 aliphatic carbocycles. The predicted octanol–water partition coefficient (Wildman–Crippen LogP) is 1.91. The Morgan fingerprint density at radius 1 is 1.00 bits per heavy atom. The third-order valence-electron chi connectivity index (χ3n) is 5.38. The third kappa shape index (κ3) is 8.84. The van der Waals surface area contributed by atoms with E-state index in [1.165, 1.54) is 7.11 Å². The first-order chi connectivity index (χ1) is 15.7. The van der Waals surface area contributed by atoms with Crippen molar-refractivity contribution >= 4 is 23.7 Å². The number of alkyl carbamates (subject to hydrolysis) is 1. The first kappa shape index (κ1) is 26.3. The summed E-state index contributed by atoms with van der Waals surface area (Å²) in [6.07, 6.45) is 1.27. The summed E-state index contributed by atoms with van der Waals surface area (Å²) in [5.74, 6) is -2.34. The number of nitrogens with one attached hydrogen (secondary N) is 3. The maximum atomic E-state index is 13.2. The van der Waals surface area contributed by atoms with Crippen molar-refractivity contribution in [2.45, 2.75) is 64.1 Å². The molecular formula is C24H35N3O6. The van der Waals surface area contributed by atoms with Gasteiger partial charge in [-0.3, -0.25) is 14.4 Å². The number of methoxy groups -OCH3 is 1. The molecule has 1 aromatic rings. The average molecular weight is 462 g/mol.